The van der Waals surface area contributed by atoms with Crippen molar-refractivity contribution in [1.82, 2.24) is 24.4 Å². The van der Waals surface area contributed by atoms with Crippen LogP contribution in [0.3, 0.4) is 0 Å². The van der Waals surface area contributed by atoms with Crippen LogP contribution in [0.15, 0.2) is 77.9 Å². The SMILES string of the molecule is COc1ccc(-c2ccc3ncc4c(c3c2)n(-c2ccc(N3CCNCC3)c(Cl)c2)c(=O)n4C)cn1.O=C(O)/C=C\C(=O)O. The van der Waals surface area contributed by atoms with Crippen molar-refractivity contribution in [1.29, 1.82) is 0 Å². The first-order valence-electron chi connectivity index (χ1n) is 13.6. The quantitative estimate of drug-likeness (QED) is 0.241. The number of hydrogen-bond donors (Lipinski definition) is 3. The second kappa shape index (κ2) is 13.0. The van der Waals surface area contributed by atoms with Crippen LogP contribution in [0.1, 0.15) is 0 Å². The molecule has 0 aliphatic carbocycles. The predicted molar refractivity (Wildman–Crippen MR) is 168 cm³/mol. The van der Waals surface area contributed by atoms with Crippen LogP contribution >= 0.6 is 11.6 Å². The van der Waals surface area contributed by atoms with E-state index in [1.807, 2.05) is 42.5 Å². The Hall–Kier alpha value is -5.20. The molecule has 1 fully saturated rings. The molecule has 4 heterocycles. The standard InChI is InChI=1S/C27H25ClN6O2.C4H4O4/c1-32-24-16-30-22-6-3-17(18-4-8-25(36-2)31-15-18)13-20(22)26(24)34(27(32)35)19-5-7-23(21(28)14-19)33-11-9-29-10-12-33;5-3(6)1-2-4(7)8/h3-8,13-16,29H,9-12H2,1-2H3;1-2H,(H,5,6)(H,7,8)/b;2-1-. The van der Waals surface area contributed by atoms with E-state index < -0.39 is 11.9 Å². The lowest BCUT2D eigenvalue weighted by atomic mass is 10.0. The van der Waals surface area contributed by atoms with Gasteiger partial charge in [-0.25, -0.2) is 19.4 Å². The number of imidazole rings is 1. The third kappa shape index (κ3) is 6.26. The number of anilines is 1. The molecular weight excluding hydrogens is 588 g/mol. The van der Waals surface area contributed by atoms with Gasteiger partial charge in [0.15, 0.2) is 0 Å². The molecule has 0 unspecified atom stereocenters. The molecule has 13 heteroatoms. The monoisotopic (exact) mass is 616 g/mol. The van der Waals surface area contributed by atoms with Crippen molar-refractivity contribution in [2.75, 3.05) is 38.2 Å². The highest BCUT2D eigenvalue weighted by Gasteiger charge is 2.19. The Morgan fingerprint density at radius 3 is 2.27 bits per heavy atom. The fourth-order valence-electron chi connectivity index (χ4n) is 5.03. The number of aryl methyl sites for hydroxylation is 1. The van der Waals surface area contributed by atoms with Gasteiger partial charge < -0.3 is 25.2 Å². The van der Waals surface area contributed by atoms with Gasteiger partial charge in [0.25, 0.3) is 0 Å². The highest BCUT2D eigenvalue weighted by Crippen LogP contribution is 2.33. The number of aliphatic carboxylic acids is 2. The number of nitrogens with zero attached hydrogens (tertiary/aromatic N) is 5. The lowest BCUT2D eigenvalue weighted by molar-refractivity contribution is -0.134. The largest absolute Gasteiger partial charge is 0.481 e. The Kier molecular flexibility index (Phi) is 8.93. The van der Waals surface area contributed by atoms with Crippen molar-refractivity contribution in [3.63, 3.8) is 0 Å². The van der Waals surface area contributed by atoms with E-state index in [1.165, 1.54) is 0 Å². The molecule has 12 nitrogen and oxygen atoms in total. The number of carboxylic acids is 2. The van der Waals surface area contributed by atoms with E-state index in [1.54, 1.807) is 35.7 Å². The molecule has 0 atom stereocenters. The summed E-state index contributed by atoms with van der Waals surface area (Å²) in [5.41, 5.74) is 5.82. The molecule has 3 N–H and O–H groups in total. The number of halogens is 1. The van der Waals surface area contributed by atoms with E-state index in [-0.39, 0.29) is 5.69 Å². The molecule has 0 radical (unpaired) electrons. The average Bonchev–Trinajstić information content (AvgIpc) is 3.30. The van der Waals surface area contributed by atoms with E-state index in [0.29, 0.717) is 23.1 Å². The van der Waals surface area contributed by atoms with Crippen molar-refractivity contribution in [3.8, 4) is 22.7 Å². The van der Waals surface area contributed by atoms with Crippen LogP contribution in [0.2, 0.25) is 5.02 Å². The number of fused-ring (bicyclic) bond motifs is 3. The number of aromatic nitrogens is 4. The summed E-state index contributed by atoms with van der Waals surface area (Å²) in [7, 11) is 3.36. The average molecular weight is 617 g/mol. The first kappa shape index (κ1) is 30.3. The first-order valence-corrected chi connectivity index (χ1v) is 14.0. The minimum atomic E-state index is -1.26. The summed E-state index contributed by atoms with van der Waals surface area (Å²) in [5.74, 6) is -1.96. The van der Waals surface area contributed by atoms with Crippen molar-refractivity contribution in [2.45, 2.75) is 0 Å². The molecule has 1 aliphatic rings. The smallest absolute Gasteiger partial charge is 0.333 e. The molecule has 3 aromatic heterocycles. The maximum absolute atomic E-state index is 13.5. The van der Waals surface area contributed by atoms with Gasteiger partial charge in [-0.15, -0.1) is 0 Å². The Morgan fingerprint density at radius 2 is 1.66 bits per heavy atom. The van der Waals surface area contributed by atoms with Crippen LogP contribution in [-0.2, 0) is 16.6 Å². The summed E-state index contributed by atoms with van der Waals surface area (Å²) in [6.45, 7) is 3.64. The predicted octanol–water partition coefficient (Wildman–Crippen LogP) is 3.72. The van der Waals surface area contributed by atoms with Crippen LogP contribution in [0.25, 0.3) is 38.8 Å². The Morgan fingerprint density at radius 1 is 0.955 bits per heavy atom. The lowest BCUT2D eigenvalue weighted by Gasteiger charge is -2.30. The van der Waals surface area contributed by atoms with Gasteiger partial charge in [-0.3, -0.25) is 14.1 Å². The van der Waals surface area contributed by atoms with Crippen LogP contribution < -0.4 is 20.6 Å². The van der Waals surface area contributed by atoms with Gasteiger partial charge in [0.05, 0.1) is 46.3 Å². The number of rotatable bonds is 6. The highest BCUT2D eigenvalue weighted by molar-refractivity contribution is 6.33. The summed E-state index contributed by atoms with van der Waals surface area (Å²) >= 11 is 6.76. The number of ether oxygens (including phenoxy) is 1. The minimum Gasteiger partial charge on any atom is -0.481 e. The fraction of sp³-hybridized carbons (Fsp3) is 0.194. The number of carbonyl (C=O) groups is 2. The van der Waals surface area contributed by atoms with Crippen LogP contribution in [0.5, 0.6) is 5.88 Å². The molecule has 0 saturated carbocycles. The fourth-order valence-corrected chi connectivity index (χ4v) is 5.32. The molecule has 0 spiro atoms. The van der Waals surface area contributed by atoms with Crippen LogP contribution in [-0.4, -0.2) is 74.5 Å². The van der Waals surface area contributed by atoms with E-state index in [9.17, 15) is 14.4 Å². The molecule has 0 bridgehead atoms. The third-order valence-electron chi connectivity index (χ3n) is 7.18. The maximum Gasteiger partial charge on any atom is 0.333 e. The Bertz CT molecular complexity index is 1930. The second-order valence-electron chi connectivity index (χ2n) is 9.87. The van der Waals surface area contributed by atoms with Gasteiger partial charge >= 0.3 is 17.6 Å². The molecule has 0 amide bonds. The van der Waals surface area contributed by atoms with Crippen molar-refractivity contribution in [3.05, 3.63) is 88.6 Å². The maximum atomic E-state index is 13.5. The molecular formula is C31H29ClN6O6. The summed E-state index contributed by atoms with van der Waals surface area (Å²) in [4.78, 5) is 43.8. The van der Waals surface area contributed by atoms with Crippen molar-refractivity contribution >= 4 is 51.2 Å². The zero-order valence-corrected chi connectivity index (χ0v) is 24.7. The first-order chi connectivity index (χ1) is 21.2. The molecule has 2 aromatic carbocycles. The Balaban J connectivity index is 0.000000426. The van der Waals surface area contributed by atoms with Crippen molar-refractivity contribution in [2.24, 2.45) is 7.05 Å². The second-order valence-corrected chi connectivity index (χ2v) is 10.3. The number of piperazine rings is 1. The molecule has 226 valence electrons. The molecule has 1 aliphatic heterocycles. The van der Waals surface area contributed by atoms with Crippen LogP contribution in [0, 0.1) is 0 Å². The molecule has 1 saturated heterocycles. The van der Waals surface area contributed by atoms with Gasteiger partial charge in [-0.1, -0.05) is 17.7 Å². The van der Waals surface area contributed by atoms with Gasteiger partial charge in [0, 0.05) is 68.6 Å². The Labute approximate surface area is 256 Å². The third-order valence-corrected chi connectivity index (χ3v) is 7.48. The van der Waals surface area contributed by atoms with Crippen molar-refractivity contribution < 1.29 is 24.5 Å². The molecule has 44 heavy (non-hydrogen) atoms. The normalized spacial score (nSPS) is 13.2. The number of benzene rings is 2. The van der Waals surface area contributed by atoms with E-state index in [4.69, 9.17) is 26.6 Å². The zero-order chi connectivity index (χ0) is 31.4. The number of carboxylic acid groups (broad SMARTS) is 2. The van der Waals surface area contributed by atoms with Gasteiger partial charge in [0.1, 0.15) is 0 Å². The van der Waals surface area contributed by atoms with E-state index in [0.717, 1.165) is 70.6 Å². The zero-order valence-electron chi connectivity index (χ0n) is 23.9. The minimum absolute atomic E-state index is 0.151. The van der Waals surface area contributed by atoms with Gasteiger partial charge in [-0.2, -0.15) is 0 Å². The van der Waals surface area contributed by atoms with E-state index >= 15 is 0 Å². The molecule has 5 aromatic rings. The van der Waals surface area contributed by atoms with Gasteiger partial charge in [-0.05, 0) is 42.0 Å². The highest BCUT2D eigenvalue weighted by atomic mass is 35.5. The summed E-state index contributed by atoms with van der Waals surface area (Å²) in [6.07, 6.45) is 4.64. The van der Waals surface area contributed by atoms with Crippen LogP contribution in [0.4, 0.5) is 5.69 Å². The number of methoxy groups -OCH3 is 1. The number of nitrogens with one attached hydrogen (secondary N) is 1. The topological polar surface area (TPSA) is 152 Å². The van der Waals surface area contributed by atoms with Gasteiger partial charge in [0.2, 0.25) is 5.88 Å². The summed E-state index contributed by atoms with van der Waals surface area (Å²) in [6, 6.07) is 15.7. The number of pyridine rings is 2. The lowest BCUT2D eigenvalue weighted by Crippen LogP contribution is -2.43. The van der Waals surface area contributed by atoms with E-state index in [2.05, 4.69) is 26.3 Å². The molecule has 6 rings (SSSR count). The summed E-state index contributed by atoms with van der Waals surface area (Å²) < 4.78 is 8.54. The number of hydrogen-bond acceptors (Lipinski definition) is 8. The summed E-state index contributed by atoms with van der Waals surface area (Å²) in [5, 5.41) is 20.5.